The van der Waals surface area contributed by atoms with Crippen molar-refractivity contribution in [3.63, 3.8) is 0 Å². The molecule has 118 valence electrons. The van der Waals surface area contributed by atoms with Crippen LogP contribution in [0.15, 0.2) is 24.3 Å². The molecule has 0 radical (unpaired) electrons. The predicted octanol–water partition coefficient (Wildman–Crippen LogP) is 4.89. The van der Waals surface area contributed by atoms with Crippen LogP contribution >= 0.6 is 7.81 Å². The van der Waals surface area contributed by atoms with Gasteiger partial charge in [-0.2, -0.15) is 0 Å². The third-order valence-corrected chi connectivity index (χ3v) is 3.78. The predicted molar refractivity (Wildman–Crippen MR) is 69.0 cm³/mol. The van der Waals surface area contributed by atoms with Crippen molar-refractivity contribution in [1.82, 2.24) is 0 Å². The van der Waals surface area contributed by atoms with E-state index in [-0.39, 0.29) is 0 Å². The molecule has 0 saturated heterocycles. The van der Waals surface area contributed by atoms with Crippen molar-refractivity contribution in [2.45, 2.75) is 32.2 Å². The maximum absolute atomic E-state index is 10.7. The maximum atomic E-state index is 9.87. The van der Waals surface area contributed by atoms with Gasteiger partial charge >= 0.3 is 33.0 Å². The van der Waals surface area contributed by atoms with Crippen LogP contribution in [0.5, 0.6) is 0 Å². The molecular formula is C12H18F6NP. The van der Waals surface area contributed by atoms with Crippen LogP contribution in [0.3, 0.4) is 0 Å². The first kappa shape index (κ1) is 17.2. The Hall–Kier alpha value is -0.810. The van der Waals surface area contributed by atoms with E-state index in [1.807, 2.05) is 0 Å². The molecule has 1 heterocycles. The van der Waals surface area contributed by atoms with Gasteiger partial charge < -0.3 is 4.90 Å². The van der Waals surface area contributed by atoms with Crippen molar-refractivity contribution in [2.75, 3.05) is 7.05 Å². The molecule has 0 aromatic heterocycles. The normalized spacial score (nSPS) is 27.7. The van der Waals surface area contributed by atoms with Gasteiger partial charge in [0.2, 0.25) is 0 Å². The zero-order chi connectivity index (χ0) is 16.0. The number of hydrogen-bond donors (Lipinski definition) is 1. The van der Waals surface area contributed by atoms with Gasteiger partial charge in [-0.1, -0.05) is 18.2 Å². The molecule has 1 aliphatic heterocycles. The standard InChI is InChI=1S/C12H17N.F6P/c1-9-12(2,3)10-7-5-6-8-11(10)13(9)4;1-7(2,3,4,5)6/h5-9H,1-4H3;/q;-1/p+1. The van der Waals surface area contributed by atoms with Crippen molar-refractivity contribution >= 4 is 13.5 Å². The van der Waals surface area contributed by atoms with Crippen LogP contribution in [-0.4, -0.2) is 13.1 Å². The molecule has 2 unspecified atom stereocenters. The molecule has 0 bridgehead atoms. The van der Waals surface area contributed by atoms with E-state index in [9.17, 15) is 25.2 Å². The van der Waals surface area contributed by atoms with Crippen molar-refractivity contribution in [3.05, 3.63) is 29.8 Å². The monoisotopic (exact) mass is 321 g/mol. The van der Waals surface area contributed by atoms with Crippen LogP contribution in [-0.2, 0) is 5.41 Å². The number of benzene rings is 1. The Morgan fingerprint density at radius 2 is 1.40 bits per heavy atom. The summed E-state index contributed by atoms with van der Waals surface area (Å²) in [6, 6.07) is 9.46. The zero-order valence-corrected chi connectivity index (χ0v) is 12.5. The summed E-state index contributed by atoms with van der Waals surface area (Å²) in [5.74, 6) is 0. The summed E-state index contributed by atoms with van der Waals surface area (Å²) in [5, 5.41) is 0. The van der Waals surface area contributed by atoms with Gasteiger partial charge in [-0.05, 0) is 26.8 Å². The van der Waals surface area contributed by atoms with Crippen LogP contribution in [0.2, 0.25) is 0 Å². The Kier molecular flexibility index (Phi) is 3.54. The third kappa shape index (κ3) is 4.94. The molecule has 1 aromatic rings. The van der Waals surface area contributed by atoms with E-state index in [2.05, 4.69) is 52.1 Å². The Labute approximate surface area is 113 Å². The van der Waals surface area contributed by atoms with Crippen LogP contribution in [0.4, 0.5) is 30.9 Å². The molecule has 0 fully saturated rings. The fourth-order valence-corrected chi connectivity index (χ4v) is 2.40. The molecule has 1 aliphatic rings. The molecule has 8 heteroatoms. The molecule has 1 N–H and O–H groups in total. The van der Waals surface area contributed by atoms with E-state index in [4.69, 9.17) is 0 Å². The number of quaternary nitrogens is 1. The molecule has 0 aliphatic carbocycles. The average molecular weight is 321 g/mol. The fraction of sp³-hybridized carbons (Fsp3) is 0.500. The van der Waals surface area contributed by atoms with Gasteiger partial charge in [0.15, 0.2) is 0 Å². The molecule has 0 saturated carbocycles. The summed E-state index contributed by atoms with van der Waals surface area (Å²) in [4.78, 5) is 1.54. The quantitative estimate of drug-likeness (QED) is 0.512. The molecule has 0 amide bonds. The number of para-hydroxylation sites is 1. The Morgan fingerprint density at radius 3 is 1.80 bits per heavy atom. The van der Waals surface area contributed by atoms with Gasteiger partial charge in [-0.25, -0.2) is 0 Å². The average Bonchev–Trinajstić information content (AvgIpc) is 2.37. The van der Waals surface area contributed by atoms with E-state index < -0.39 is 7.81 Å². The molecule has 2 atom stereocenters. The second-order valence-electron chi connectivity index (χ2n) is 5.63. The summed E-state index contributed by atoms with van der Waals surface area (Å²) < 4.78 is 59.2. The SMILES string of the molecule is CC1[NH+](C)c2ccccc2C1(C)C.F[P-](F)(F)(F)(F)F. The molecule has 0 spiro atoms. The van der Waals surface area contributed by atoms with Crippen LogP contribution in [0, 0.1) is 0 Å². The summed E-state index contributed by atoms with van der Waals surface area (Å²) in [5.41, 5.74) is 3.31. The molecule has 2 rings (SSSR count). The van der Waals surface area contributed by atoms with Gasteiger partial charge in [0.25, 0.3) is 0 Å². The summed E-state index contributed by atoms with van der Waals surface area (Å²) in [6.07, 6.45) is 0. The number of halogens is 6. The topological polar surface area (TPSA) is 4.44 Å². The molecular weight excluding hydrogens is 303 g/mol. The van der Waals surface area contributed by atoms with E-state index in [0.29, 0.717) is 11.5 Å². The number of hydrogen-bond acceptors (Lipinski definition) is 0. The van der Waals surface area contributed by atoms with Gasteiger partial charge in [0.05, 0.1) is 13.1 Å². The number of rotatable bonds is 0. The molecule has 20 heavy (non-hydrogen) atoms. The van der Waals surface area contributed by atoms with E-state index in [0.717, 1.165) is 0 Å². The molecule has 1 nitrogen and oxygen atoms in total. The van der Waals surface area contributed by atoms with E-state index in [1.165, 1.54) is 11.3 Å². The number of fused-ring (bicyclic) bond motifs is 1. The Balaban J connectivity index is 0.000000246. The van der Waals surface area contributed by atoms with Gasteiger partial charge in [0, 0.05) is 11.0 Å². The summed E-state index contributed by atoms with van der Waals surface area (Å²) in [7, 11) is -8.40. The third-order valence-electron chi connectivity index (χ3n) is 3.78. The summed E-state index contributed by atoms with van der Waals surface area (Å²) in [6.45, 7) is 7.01. The van der Waals surface area contributed by atoms with Crippen molar-refractivity contribution < 1.29 is 30.1 Å². The van der Waals surface area contributed by atoms with Crippen molar-refractivity contribution in [3.8, 4) is 0 Å². The molecule has 1 aromatic carbocycles. The van der Waals surface area contributed by atoms with Gasteiger partial charge in [0.1, 0.15) is 5.69 Å². The minimum atomic E-state index is -10.7. The van der Waals surface area contributed by atoms with Crippen LogP contribution in [0.1, 0.15) is 26.3 Å². The summed E-state index contributed by atoms with van der Waals surface area (Å²) >= 11 is 0. The second kappa shape index (κ2) is 4.10. The zero-order valence-electron chi connectivity index (χ0n) is 11.6. The first-order valence-corrected chi connectivity index (χ1v) is 8.02. The first-order chi connectivity index (χ1) is 8.50. The number of likely N-dealkylation sites (N-methyl/N-ethyl adjacent to an activating group) is 1. The van der Waals surface area contributed by atoms with E-state index >= 15 is 0 Å². The fourth-order valence-electron chi connectivity index (χ4n) is 2.40. The van der Waals surface area contributed by atoms with Crippen molar-refractivity contribution in [1.29, 1.82) is 0 Å². The van der Waals surface area contributed by atoms with Crippen LogP contribution < -0.4 is 4.90 Å². The van der Waals surface area contributed by atoms with Crippen molar-refractivity contribution in [2.24, 2.45) is 0 Å². The van der Waals surface area contributed by atoms with Gasteiger partial charge in [-0.15, -0.1) is 0 Å². The minimum absolute atomic E-state index is 0.320. The first-order valence-electron chi connectivity index (χ1n) is 6.00. The van der Waals surface area contributed by atoms with E-state index in [1.54, 1.807) is 4.90 Å². The van der Waals surface area contributed by atoms with Crippen LogP contribution in [0.25, 0.3) is 0 Å². The Bertz CT molecular complexity index is 496. The Morgan fingerprint density at radius 1 is 1.00 bits per heavy atom. The number of nitrogens with one attached hydrogen (secondary N) is 1. The van der Waals surface area contributed by atoms with Gasteiger partial charge in [-0.3, -0.25) is 0 Å². The second-order valence-corrected chi connectivity index (χ2v) is 7.55.